The summed E-state index contributed by atoms with van der Waals surface area (Å²) in [6.45, 7) is 3.43. The van der Waals surface area contributed by atoms with Crippen LogP contribution < -0.4 is 5.73 Å². The molecule has 50 valence electrons. The van der Waals surface area contributed by atoms with Gasteiger partial charge in [-0.05, 0) is 6.92 Å². The van der Waals surface area contributed by atoms with Crippen LogP contribution in [0.4, 0.5) is 0 Å². The van der Waals surface area contributed by atoms with E-state index in [1.54, 1.807) is 0 Å². The van der Waals surface area contributed by atoms with Gasteiger partial charge in [0, 0.05) is 17.1 Å². The monoisotopic (exact) mass is 229 g/mol. The summed E-state index contributed by atoms with van der Waals surface area (Å²) in [5, 5.41) is 0. The Balaban J connectivity index is 2.86. The van der Waals surface area contributed by atoms with Gasteiger partial charge in [-0.1, -0.05) is 22.6 Å². The van der Waals surface area contributed by atoms with Gasteiger partial charge >= 0.3 is 0 Å². The number of alkyl halides is 1. The minimum atomic E-state index is 0.218. The van der Waals surface area contributed by atoms with Crippen LogP contribution in [0.3, 0.4) is 0 Å². The lowest BCUT2D eigenvalue weighted by atomic mass is 10.4. The fraction of sp³-hybridized carbons (Fsp3) is 1.00. The summed E-state index contributed by atoms with van der Waals surface area (Å²) in [5.41, 5.74) is 5.53. The molecule has 0 heterocycles. The number of halogens is 1. The van der Waals surface area contributed by atoms with Gasteiger partial charge in [0.2, 0.25) is 0 Å². The molecule has 0 bridgehead atoms. The van der Waals surface area contributed by atoms with Gasteiger partial charge < -0.3 is 10.5 Å². The highest BCUT2D eigenvalue weighted by Gasteiger charge is 1.96. The maximum atomic E-state index is 5.53. The highest BCUT2D eigenvalue weighted by Crippen LogP contribution is 1.87. The summed E-state index contributed by atoms with van der Waals surface area (Å²) in [4.78, 5) is 0. The minimum Gasteiger partial charge on any atom is -0.380 e. The van der Waals surface area contributed by atoms with Crippen molar-refractivity contribution < 1.29 is 4.74 Å². The van der Waals surface area contributed by atoms with Crippen molar-refractivity contribution in [3.05, 3.63) is 0 Å². The van der Waals surface area contributed by atoms with Crippen LogP contribution in [-0.4, -0.2) is 23.7 Å². The van der Waals surface area contributed by atoms with E-state index in [-0.39, 0.29) is 6.04 Å². The first kappa shape index (κ1) is 8.65. The van der Waals surface area contributed by atoms with Gasteiger partial charge in [0.15, 0.2) is 0 Å². The number of ether oxygens (including phenoxy) is 1. The number of hydrogen-bond donors (Lipinski definition) is 1. The minimum absolute atomic E-state index is 0.218. The lowest BCUT2D eigenvalue weighted by Crippen LogP contribution is -2.27. The van der Waals surface area contributed by atoms with Crippen LogP contribution in [0.1, 0.15) is 6.92 Å². The third-order valence-corrected chi connectivity index (χ3v) is 1.87. The van der Waals surface area contributed by atoms with Gasteiger partial charge in [-0.25, -0.2) is 0 Å². The van der Waals surface area contributed by atoms with Crippen LogP contribution in [-0.2, 0) is 4.74 Å². The molecule has 0 aromatic carbocycles. The zero-order chi connectivity index (χ0) is 6.41. The summed E-state index contributed by atoms with van der Waals surface area (Å²) in [7, 11) is 0. The first-order valence-corrected chi connectivity index (χ1v) is 4.23. The Hall–Kier alpha value is 0.650. The van der Waals surface area contributed by atoms with Crippen molar-refractivity contribution in [1.29, 1.82) is 0 Å². The van der Waals surface area contributed by atoms with Crippen molar-refractivity contribution in [1.82, 2.24) is 0 Å². The van der Waals surface area contributed by atoms with Crippen molar-refractivity contribution in [2.45, 2.75) is 13.0 Å². The maximum absolute atomic E-state index is 5.53. The second-order valence-corrected chi connectivity index (χ2v) is 2.45. The Morgan fingerprint density at radius 3 is 2.75 bits per heavy atom. The summed E-state index contributed by atoms with van der Waals surface area (Å²) in [5.74, 6) is 0. The molecule has 0 spiro atoms. The molecule has 0 aromatic rings. The highest BCUT2D eigenvalue weighted by molar-refractivity contribution is 14.1. The fourth-order valence-corrected chi connectivity index (χ4v) is 0.568. The van der Waals surface area contributed by atoms with E-state index in [0.29, 0.717) is 6.61 Å². The smallest absolute Gasteiger partial charge is 0.0624 e. The van der Waals surface area contributed by atoms with Gasteiger partial charge in [0.05, 0.1) is 6.61 Å². The van der Waals surface area contributed by atoms with Gasteiger partial charge in [0.25, 0.3) is 0 Å². The van der Waals surface area contributed by atoms with Crippen molar-refractivity contribution >= 4 is 22.6 Å². The normalized spacial score (nSPS) is 13.9. The molecular formula is C5H12INO. The van der Waals surface area contributed by atoms with E-state index in [0.717, 1.165) is 11.0 Å². The summed E-state index contributed by atoms with van der Waals surface area (Å²) in [6, 6.07) is 0.218. The Bertz CT molecular complexity index is 51.7. The van der Waals surface area contributed by atoms with Gasteiger partial charge in [0.1, 0.15) is 0 Å². The van der Waals surface area contributed by atoms with E-state index in [2.05, 4.69) is 22.6 Å². The van der Waals surface area contributed by atoms with Crippen LogP contribution in [0, 0.1) is 0 Å². The van der Waals surface area contributed by atoms with E-state index >= 15 is 0 Å². The topological polar surface area (TPSA) is 35.2 Å². The molecule has 0 aliphatic heterocycles. The van der Waals surface area contributed by atoms with Crippen molar-refractivity contribution in [3.63, 3.8) is 0 Å². The quantitative estimate of drug-likeness (QED) is 0.571. The molecular weight excluding hydrogens is 217 g/mol. The zero-order valence-electron chi connectivity index (χ0n) is 5.06. The predicted octanol–water partition coefficient (Wildman–Crippen LogP) is 0.785. The van der Waals surface area contributed by atoms with Crippen molar-refractivity contribution in [2.75, 3.05) is 17.6 Å². The summed E-state index contributed by atoms with van der Waals surface area (Å²) >= 11 is 2.25. The first-order valence-electron chi connectivity index (χ1n) is 2.70. The largest absolute Gasteiger partial charge is 0.380 e. The molecule has 0 aromatic heterocycles. The Kier molecular flexibility index (Phi) is 6.25. The lowest BCUT2D eigenvalue weighted by Gasteiger charge is -2.05. The molecule has 2 nitrogen and oxygen atoms in total. The van der Waals surface area contributed by atoms with Crippen molar-refractivity contribution in [3.8, 4) is 0 Å². The second-order valence-electron chi connectivity index (χ2n) is 1.57. The van der Waals surface area contributed by atoms with Crippen LogP contribution in [0.25, 0.3) is 0 Å². The van der Waals surface area contributed by atoms with E-state index in [4.69, 9.17) is 10.5 Å². The molecule has 0 radical (unpaired) electrons. The highest BCUT2D eigenvalue weighted by atomic mass is 127. The molecule has 0 unspecified atom stereocenters. The Morgan fingerprint density at radius 2 is 2.38 bits per heavy atom. The van der Waals surface area contributed by atoms with E-state index in [9.17, 15) is 0 Å². The lowest BCUT2D eigenvalue weighted by molar-refractivity contribution is 0.138. The molecule has 0 saturated heterocycles. The van der Waals surface area contributed by atoms with Gasteiger partial charge in [-0.2, -0.15) is 0 Å². The van der Waals surface area contributed by atoms with E-state index in [1.807, 2.05) is 6.92 Å². The molecule has 0 aliphatic rings. The van der Waals surface area contributed by atoms with Crippen LogP contribution in [0.5, 0.6) is 0 Å². The molecule has 0 aliphatic carbocycles. The fourth-order valence-electron chi connectivity index (χ4n) is 0.314. The third-order valence-electron chi connectivity index (χ3n) is 0.734. The molecule has 0 rings (SSSR count). The summed E-state index contributed by atoms with van der Waals surface area (Å²) < 4.78 is 6.03. The molecule has 1 atom stereocenters. The van der Waals surface area contributed by atoms with Crippen LogP contribution in [0.2, 0.25) is 0 Å². The molecule has 8 heavy (non-hydrogen) atoms. The van der Waals surface area contributed by atoms with Crippen LogP contribution >= 0.6 is 22.6 Å². The van der Waals surface area contributed by atoms with Gasteiger partial charge in [-0.3, -0.25) is 0 Å². The maximum Gasteiger partial charge on any atom is 0.0624 e. The number of hydrogen-bond acceptors (Lipinski definition) is 2. The zero-order valence-corrected chi connectivity index (χ0v) is 7.22. The van der Waals surface area contributed by atoms with Crippen LogP contribution in [0.15, 0.2) is 0 Å². The standard InChI is InChI=1S/C5H12INO/c1-2-8-4-5(7)3-6/h5H,2-4,7H2,1H3/t5-/m1/s1. The molecule has 0 saturated carbocycles. The first-order chi connectivity index (χ1) is 3.81. The average Bonchev–Trinajstić information content (AvgIpc) is 1.83. The van der Waals surface area contributed by atoms with E-state index in [1.165, 1.54) is 0 Å². The van der Waals surface area contributed by atoms with Crippen molar-refractivity contribution in [2.24, 2.45) is 5.73 Å². The predicted molar refractivity (Wildman–Crippen MR) is 43.4 cm³/mol. The number of nitrogens with two attached hydrogens (primary N) is 1. The van der Waals surface area contributed by atoms with E-state index < -0.39 is 0 Å². The third kappa shape index (κ3) is 4.80. The molecule has 0 amide bonds. The number of rotatable bonds is 4. The Morgan fingerprint density at radius 1 is 1.75 bits per heavy atom. The van der Waals surface area contributed by atoms with Gasteiger partial charge in [-0.15, -0.1) is 0 Å². The Labute approximate surface area is 63.9 Å². The molecule has 2 N–H and O–H groups in total. The second kappa shape index (κ2) is 5.78. The molecule has 0 fully saturated rings. The molecule has 3 heteroatoms. The average molecular weight is 229 g/mol. The SMILES string of the molecule is CCOC[C@H](N)CI. The summed E-state index contributed by atoms with van der Waals surface area (Å²) in [6.07, 6.45) is 0.